The van der Waals surface area contributed by atoms with Crippen molar-refractivity contribution in [3.63, 3.8) is 0 Å². The van der Waals surface area contributed by atoms with Crippen LogP contribution in [0.1, 0.15) is 6.42 Å². The number of halogens is 1. The van der Waals surface area contributed by atoms with Crippen molar-refractivity contribution < 1.29 is 9.18 Å². The third-order valence-electron chi connectivity index (χ3n) is 2.48. The van der Waals surface area contributed by atoms with E-state index in [1.165, 1.54) is 17.0 Å². The molecule has 5 heteroatoms. The summed E-state index contributed by atoms with van der Waals surface area (Å²) in [5.41, 5.74) is 11.6. The van der Waals surface area contributed by atoms with E-state index in [4.69, 9.17) is 11.5 Å². The molecular formula is C10H12FN3O. The van der Waals surface area contributed by atoms with Gasteiger partial charge in [-0.15, -0.1) is 0 Å². The molecule has 1 aliphatic heterocycles. The Kier molecular flexibility index (Phi) is 2.32. The number of carbonyl (C=O) groups excluding carboxylic acids is 1. The quantitative estimate of drug-likeness (QED) is 0.660. The van der Waals surface area contributed by atoms with Crippen LogP contribution in [0.15, 0.2) is 18.2 Å². The monoisotopic (exact) mass is 209 g/mol. The Morgan fingerprint density at radius 1 is 1.47 bits per heavy atom. The minimum absolute atomic E-state index is 0.0000463. The molecule has 1 saturated heterocycles. The molecule has 1 aromatic rings. The Morgan fingerprint density at radius 3 is 2.80 bits per heavy atom. The minimum Gasteiger partial charge on any atom is -0.395 e. The molecule has 1 heterocycles. The maximum atomic E-state index is 13.2. The van der Waals surface area contributed by atoms with Gasteiger partial charge in [-0.1, -0.05) is 6.07 Å². The second-order valence-corrected chi connectivity index (χ2v) is 3.64. The smallest absolute Gasteiger partial charge is 0.228 e. The molecule has 1 aliphatic rings. The molecule has 0 aliphatic carbocycles. The molecule has 15 heavy (non-hydrogen) atoms. The van der Waals surface area contributed by atoms with Crippen LogP contribution in [0.25, 0.3) is 0 Å². The van der Waals surface area contributed by atoms with Crippen molar-refractivity contribution in [3.05, 3.63) is 24.0 Å². The fraction of sp³-hybridized carbons (Fsp3) is 0.300. The molecule has 0 aromatic heterocycles. The summed E-state index contributed by atoms with van der Waals surface area (Å²) in [7, 11) is 0. The Bertz CT molecular complexity index is 408. The van der Waals surface area contributed by atoms with E-state index in [9.17, 15) is 9.18 Å². The number of hydrogen-bond acceptors (Lipinski definition) is 3. The zero-order valence-electron chi connectivity index (χ0n) is 8.11. The van der Waals surface area contributed by atoms with E-state index in [1.54, 1.807) is 6.07 Å². The van der Waals surface area contributed by atoms with Crippen LogP contribution in [0.5, 0.6) is 0 Å². The fourth-order valence-electron chi connectivity index (χ4n) is 1.73. The topological polar surface area (TPSA) is 72.3 Å². The highest BCUT2D eigenvalue weighted by molar-refractivity contribution is 5.98. The van der Waals surface area contributed by atoms with Gasteiger partial charge in [0.15, 0.2) is 0 Å². The first-order chi connectivity index (χ1) is 7.09. The average molecular weight is 209 g/mol. The van der Waals surface area contributed by atoms with Crippen molar-refractivity contribution in [1.29, 1.82) is 0 Å². The van der Waals surface area contributed by atoms with Gasteiger partial charge in [0.1, 0.15) is 5.82 Å². The predicted octanol–water partition coefficient (Wildman–Crippen LogP) is 0.472. The van der Waals surface area contributed by atoms with Gasteiger partial charge in [-0.3, -0.25) is 4.79 Å². The summed E-state index contributed by atoms with van der Waals surface area (Å²) in [5.74, 6) is -0.624. The molecule has 80 valence electrons. The molecule has 1 fully saturated rings. The SMILES string of the molecule is Nc1c(F)cccc1N1CC(N)CC1=O. The lowest BCUT2D eigenvalue weighted by Gasteiger charge is -2.18. The number of amides is 1. The zero-order valence-corrected chi connectivity index (χ0v) is 8.11. The summed E-state index contributed by atoms with van der Waals surface area (Å²) < 4.78 is 13.2. The lowest BCUT2D eigenvalue weighted by molar-refractivity contribution is -0.117. The van der Waals surface area contributed by atoms with Crippen molar-refractivity contribution in [3.8, 4) is 0 Å². The van der Waals surface area contributed by atoms with Crippen LogP contribution in [0.4, 0.5) is 15.8 Å². The molecule has 1 aromatic carbocycles. The van der Waals surface area contributed by atoms with Crippen LogP contribution in [0, 0.1) is 5.82 Å². The third-order valence-corrected chi connectivity index (χ3v) is 2.48. The standard InChI is InChI=1S/C10H12FN3O/c11-7-2-1-3-8(10(7)13)14-5-6(12)4-9(14)15/h1-3,6H,4-5,12-13H2. The lowest BCUT2D eigenvalue weighted by atomic mass is 10.2. The zero-order chi connectivity index (χ0) is 11.0. The first-order valence-corrected chi connectivity index (χ1v) is 4.69. The number of carbonyl (C=O) groups is 1. The average Bonchev–Trinajstić information content (AvgIpc) is 2.50. The lowest BCUT2D eigenvalue weighted by Crippen LogP contribution is -2.28. The van der Waals surface area contributed by atoms with Crippen molar-refractivity contribution in [2.75, 3.05) is 17.2 Å². The van der Waals surface area contributed by atoms with Crippen LogP contribution in [-0.2, 0) is 4.79 Å². The number of rotatable bonds is 1. The van der Waals surface area contributed by atoms with Gasteiger partial charge in [0, 0.05) is 19.0 Å². The number of nitrogen functional groups attached to an aromatic ring is 1. The largest absolute Gasteiger partial charge is 0.395 e. The van der Waals surface area contributed by atoms with Crippen LogP contribution in [-0.4, -0.2) is 18.5 Å². The number of para-hydroxylation sites is 1. The second-order valence-electron chi connectivity index (χ2n) is 3.64. The summed E-state index contributed by atoms with van der Waals surface area (Å²) in [4.78, 5) is 13.0. The number of benzene rings is 1. The van der Waals surface area contributed by atoms with Crippen LogP contribution in [0.3, 0.4) is 0 Å². The highest BCUT2D eigenvalue weighted by Gasteiger charge is 2.29. The Morgan fingerprint density at radius 2 is 2.20 bits per heavy atom. The highest BCUT2D eigenvalue weighted by Crippen LogP contribution is 2.28. The summed E-state index contributed by atoms with van der Waals surface area (Å²) in [6.07, 6.45) is 0.288. The molecule has 1 atom stereocenters. The van der Waals surface area contributed by atoms with E-state index in [2.05, 4.69) is 0 Å². The summed E-state index contributed by atoms with van der Waals surface area (Å²) in [6.45, 7) is 0.395. The molecule has 4 N–H and O–H groups in total. The molecule has 0 bridgehead atoms. The van der Waals surface area contributed by atoms with Gasteiger partial charge < -0.3 is 16.4 Å². The fourth-order valence-corrected chi connectivity index (χ4v) is 1.73. The van der Waals surface area contributed by atoms with E-state index in [-0.39, 0.29) is 24.1 Å². The van der Waals surface area contributed by atoms with Gasteiger partial charge in [-0.2, -0.15) is 0 Å². The summed E-state index contributed by atoms with van der Waals surface area (Å²) >= 11 is 0. The van der Waals surface area contributed by atoms with E-state index in [0.29, 0.717) is 12.2 Å². The van der Waals surface area contributed by atoms with E-state index in [0.717, 1.165) is 0 Å². The molecule has 1 amide bonds. The van der Waals surface area contributed by atoms with Gasteiger partial charge in [0.05, 0.1) is 11.4 Å². The normalized spacial score (nSPS) is 21.1. The van der Waals surface area contributed by atoms with Crippen LogP contribution < -0.4 is 16.4 Å². The number of anilines is 2. The highest BCUT2D eigenvalue weighted by atomic mass is 19.1. The van der Waals surface area contributed by atoms with Crippen molar-refractivity contribution in [2.45, 2.75) is 12.5 Å². The van der Waals surface area contributed by atoms with E-state index >= 15 is 0 Å². The number of hydrogen-bond donors (Lipinski definition) is 2. The van der Waals surface area contributed by atoms with Crippen molar-refractivity contribution in [2.24, 2.45) is 5.73 Å². The number of nitrogens with zero attached hydrogens (tertiary/aromatic N) is 1. The maximum Gasteiger partial charge on any atom is 0.228 e. The summed E-state index contributed by atoms with van der Waals surface area (Å²) in [5, 5.41) is 0. The maximum absolute atomic E-state index is 13.2. The number of nitrogens with two attached hydrogens (primary N) is 2. The van der Waals surface area contributed by atoms with Crippen LogP contribution >= 0.6 is 0 Å². The van der Waals surface area contributed by atoms with Gasteiger partial charge >= 0.3 is 0 Å². The molecule has 0 radical (unpaired) electrons. The van der Waals surface area contributed by atoms with Crippen molar-refractivity contribution >= 4 is 17.3 Å². The Labute approximate surface area is 86.7 Å². The third kappa shape index (κ3) is 1.66. The molecular weight excluding hydrogens is 197 g/mol. The Hall–Kier alpha value is -1.62. The second kappa shape index (κ2) is 3.51. The molecule has 0 spiro atoms. The Balaban J connectivity index is 2.38. The van der Waals surface area contributed by atoms with E-state index < -0.39 is 5.82 Å². The predicted molar refractivity (Wildman–Crippen MR) is 55.8 cm³/mol. The van der Waals surface area contributed by atoms with Gasteiger partial charge in [-0.05, 0) is 12.1 Å². The molecule has 0 saturated carbocycles. The minimum atomic E-state index is -0.513. The van der Waals surface area contributed by atoms with Gasteiger partial charge in [0.25, 0.3) is 0 Å². The molecule has 1 unspecified atom stereocenters. The first kappa shape index (κ1) is 9.92. The van der Waals surface area contributed by atoms with Gasteiger partial charge in [-0.25, -0.2) is 4.39 Å². The van der Waals surface area contributed by atoms with Crippen LogP contribution in [0.2, 0.25) is 0 Å². The summed E-state index contributed by atoms with van der Waals surface area (Å²) in [6, 6.07) is 4.21. The first-order valence-electron chi connectivity index (χ1n) is 4.69. The van der Waals surface area contributed by atoms with Gasteiger partial charge in [0.2, 0.25) is 5.91 Å². The molecule has 2 rings (SSSR count). The molecule has 4 nitrogen and oxygen atoms in total. The van der Waals surface area contributed by atoms with Crippen molar-refractivity contribution in [1.82, 2.24) is 0 Å². The van der Waals surface area contributed by atoms with E-state index in [1.807, 2.05) is 0 Å².